The number of rotatable bonds is 1. The molecule has 3 heterocycles. The molecule has 0 aromatic rings. The molecule has 0 aromatic carbocycles. The molecule has 3 aliphatic rings. The van der Waals surface area contributed by atoms with E-state index in [0.717, 1.165) is 0 Å². The van der Waals surface area contributed by atoms with E-state index in [0.29, 0.717) is 0 Å². The number of ether oxygens (including phenoxy) is 3. The normalized spacial score (nSPS) is 66.8. The minimum absolute atomic E-state index is 0.396. The third kappa shape index (κ3) is 0.586. The zero-order valence-electron chi connectivity index (χ0n) is 6.01. The molecule has 6 heteroatoms. The first-order valence-electron chi connectivity index (χ1n) is 3.67. The SMILES string of the molecule is OC[C@@]12O[C@@H](O)[C@H]3O[C@@]3(O)[C@@H]1O2. The highest BCUT2D eigenvalue weighted by Crippen LogP contribution is 2.59. The smallest absolute Gasteiger partial charge is 0.231 e. The summed E-state index contributed by atoms with van der Waals surface area (Å²) < 4.78 is 14.7. The maximum atomic E-state index is 9.53. The number of fused-ring (bicyclic) bond motifs is 3. The van der Waals surface area contributed by atoms with Crippen LogP contribution in [0.2, 0.25) is 0 Å². The average Bonchev–Trinajstić information content (AvgIpc) is 2.84. The Bertz CT molecular complexity index is 244. The molecule has 3 fully saturated rings. The van der Waals surface area contributed by atoms with Gasteiger partial charge in [0.05, 0.1) is 0 Å². The number of hydrogen-bond acceptors (Lipinski definition) is 6. The summed E-state index contributed by atoms with van der Waals surface area (Å²) in [5, 5.41) is 27.5. The van der Waals surface area contributed by atoms with Gasteiger partial charge in [-0.3, -0.25) is 0 Å². The predicted octanol–water partition coefficient (Wildman–Crippen LogP) is -2.49. The summed E-state index contributed by atoms with van der Waals surface area (Å²) in [6.45, 7) is -0.396. The lowest BCUT2D eigenvalue weighted by Gasteiger charge is -2.20. The first-order chi connectivity index (χ1) is 5.62. The van der Waals surface area contributed by atoms with Gasteiger partial charge in [0, 0.05) is 0 Å². The van der Waals surface area contributed by atoms with Crippen molar-refractivity contribution in [1.29, 1.82) is 0 Å². The van der Waals surface area contributed by atoms with Crippen molar-refractivity contribution in [2.24, 2.45) is 0 Å². The Kier molecular flexibility index (Phi) is 1.00. The summed E-state index contributed by atoms with van der Waals surface area (Å²) in [4.78, 5) is 0. The van der Waals surface area contributed by atoms with Gasteiger partial charge in [-0.1, -0.05) is 0 Å². The van der Waals surface area contributed by atoms with E-state index in [1.54, 1.807) is 0 Å². The van der Waals surface area contributed by atoms with Crippen LogP contribution in [0, 0.1) is 0 Å². The van der Waals surface area contributed by atoms with Crippen molar-refractivity contribution >= 4 is 0 Å². The molecule has 0 bridgehead atoms. The third-order valence-electron chi connectivity index (χ3n) is 2.50. The number of aliphatic hydroxyl groups excluding tert-OH is 2. The predicted molar refractivity (Wildman–Crippen MR) is 31.6 cm³/mol. The van der Waals surface area contributed by atoms with Gasteiger partial charge in [0.2, 0.25) is 11.6 Å². The first-order valence-corrected chi connectivity index (χ1v) is 3.67. The Morgan fingerprint density at radius 3 is 2.67 bits per heavy atom. The zero-order valence-corrected chi connectivity index (χ0v) is 6.01. The van der Waals surface area contributed by atoms with Gasteiger partial charge in [-0.2, -0.15) is 0 Å². The molecule has 0 unspecified atom stereocenters. The van der Waals surface area contributed by atoms with E-state index in [1.807, 2.05) is 0 Å². The lowest BCUT2D eigenvalue weighted by molar-refractivity contribution is -0.209. The van der Waals surface area contributed by atoms with Crippen molar-refractivity contribution in [1.82, 2.24) is 0 Å². The molecule has 0 radical (unpaired) electrons. The molecule has 3 N–H and O–H groups in total. The third-order valence-corrected chi connectivity index (χ3v) is 2.50. The van der Waals surface area contributed by atoms with Crippen LogP contribution in [0.3, 0.4) is 0 Å². The van der Waals surface area contributed by atoms with E-state index >= 15 is 0 Å². The molecule has 6 nitrogen and oxygen atoms in total. The molecule has 0 amide bonds. The maximum absolute atomic E-state index is 9.53. The van der Waals surface area contributed by atoms with Gasteiger partial charge in [-0.25, -0.2) is 0 Å². The van der Waals surface area contributed by atoms with Crippen molar-refractivity contribution in [3.63, 3.8) is 0 Å². The largest absolute Gasteiger partial charge is 0.391 e. The molecule has 3 saturated heterocycles. The first kappa shape index (κ1) is 7.19. The van der Waals surface area contributed by atoms with Crippen LogP contribution in [0.15, 0.2) is 0 Å². The molecular formula is C6H8O6. The van der Waals surface area contributed by atoms with Gasteiger partial charge >= 0.3 is 0 Å². The van der Waals surface area contributed by atoms with Crippen molar-refractivity contribution in [2.45, 2.75) is 30.1 Å². The summed E-state index contributed by atoms with van der Waals surface area (Å²) in [6.07, 6.45) is -2.62. The van der Waals surface area contributed by atoms with Crippen molar-refractivity contribution in [3.05, 3.63) is 0 Å². The number of aliphatic hydroxyl groups is 3. The molecule has 0 spiro atoms. The second-order valence-corrected chi connectivity index (χ2v) is 3.27. The zero-order chi connectivity index (χ0) is 8.56. The van der Waals surface area contributed by atoms with Crippen molar-refractivity contribution in [3.8, 4) is 0 Å². The molecule has 0 aliphatic carbocycles. The summed E-state index contributed by atoms with van der Waals surface area (Å²) >= 11 is 0. The maximum Gasteiger partial charge on any atom is 0.231 e. The lowest BCUT2D eigenvalue weighted by Crippen LogP contribution is -2.45. The Labute approximate surface area is 67.3 Å². The van der Waals surface area contributed by atoms with Gasteiger partial charge in [0.1, 0.15) is 6.61 Å². The van der Waals surface area contributed by atoms with E-state index in [-0.39, 0.29) is 0 Å². The number of hydrogen-bond donors (Lipinski definition) is 3. The van der Waals surface area contributed by atoms with Crippen molar-refractivity contribution in [2.75, 3.05) is 6.61 Å². The van der Waals surface area contributed by atoms with Crippen LogP contribution in [0.25, 0.3) is 0 Å². The molecule has 68 valence electrons. The fraction of sp³-hybridized carbons (Fsp3) is 1.00. The number of epoxide rings is 2. The van der Waals surface area contributed by atoms with Crippen LogP contribution in [0.5, 0.6) is 0 Å². The van der Waals surface area contributed by atoms with Gasteiger partial charge < -0.3 is 29.5 Å². The topological polar surface area (TPSA) is 95.0 Å². The summed E-state index contributed by atoms with van der Waals surface area (Å²) in [5.74, 6) is -2.68. The fourth-order valence-corrected chi connectivity index (χ4v) is 1.72. The van der Waals surface area contributed by atoms with E-state index in [2.05, 4.69) is 0 Å². The highest BCUT2D eigenvalue weighted by molar-refractivity contribution is 5.17. The fourth-order valence-electron chi connectivity index (χ4n) is 1.72. The summed E-state index contributed by atoms with van der Waals surface area (Å²) in [7, 11) is 0. The van der Waals surface area contributed by atoms with E-state index in [4.69, 9.17) is 19.3 Å². The second-order valence-electron chi connectivity index (χ2n) is 3.27. The van der Waals surface area contributed by atoms with Crippen LogP contribution in [-0.2, 0) is 14.2 Å². The van der Waals surface area contributed by atoms with Gasteiger partial charge in [-0.15, -0.1) is 0 Å². The Morgan fingerprint density at radius 2 is 2.00 bits per heavy atom. The average molecular weight is 176 g/mol. The van der Waals surface area contributed by atoms with E-state index in [9.17, 15) is 10.2 Å². The lowest BCUT2D eigenvalue weighted by atomic mass is 10.1. The van der Waals surface area contributed by atoms with Gasteiger partial charge in [-0.05, 0) is 0 Å². The minimum atomic E-state index is -1.44. The van der Waals surface area contributed by atoms with E-state index in [1.165, 1.54) is 0 Å². The summed E-state index contributed by atoms with van der Waals surface area (Å²) in [5.41, 5.74) is 0. The van der Waals surface area contributed by atoms with Gasteiger partial charge in [0.25, 0.3) is 0 Å². The molecule has 0 saturated carbocycles. The highest BCUT2D eigenvalue weighted by atomic mass is 16.9. The molecular weight excluding hydrogens is 168 g/mol. The molecule has 12 heavy (non-hydrogen) atoms. The van der Waals surface area contributed by atoms with Crippen LogP contribution in [0.1, 0.15) is 0 Å². The second kappa shape index (κ2) is 1.67. The molecule has 3 aliphatic heterocycles. The highest BCUT2D eigenvalue weighted by Gasteiger charge is 2.84. The molecule has 3 rings (SSSR count). The van der Waals surface area contributed by atoms with Crippen LogP contribution in [0.4, 0.5) is 0 Å². The van der Waals surface area contributed by atoms with Gasteiger partial charge in [0.15, 0.2) is 18.5 Å². The Hall–Kier alpha value is -0.240. The standard InChI is InChI=1S/C6H8O6/c7-1-5-4(12-5)6(9)2(10-6)3(8)11-5/h2-4,7-9H,1H2/t2-,3-,4-,5+,6-/m1/s1. The minimum Gasteiger partial charge on any atom is -0.391 e. The summed E-state index contributed by atoms with van der Waals surface area (Å²) in [6, 6.07) is 0. The van der Waals surface area contributed by atoms with Crippen LogP contribution < -0.4 is 0 Å². The monoisotopic (exact) mass is 176 g/mol. The Morgan fingerprint density at radius 1 is 1.25 bits per heavy atom. The van der Waals surface area contributed by atoms with Crippen molar-refractivity contribution < 1.29 is 29.5 Å². The molecule has 0 aromatic heterocycles. The van der Waals surface area contributed by atoms with Crippen LogP contribution in [-0.4, -0.2) is 52.0 Å². The molecule has 5 atom stereocenters. The van der Waals surface area contributed by atoms with E-state index < -0.39 is 36.7 Å². The van der Waals surface area contributed by atoms with Crippen LogP contribution >= 0.6 is 0 Å². The Balaban J connectivity index is 1.91. The quantitative estimate of drug-likeness (QED) is 0.382.